The fraction of sp³-hybridized carbons (Fsp3) is 0.636. The highest BCUT2D eigenvalue weighted by molar-refractivity contribution is 7.99. The number of hydrogen-bond donors (Lipinski definition) is 2. The van der Waals surface area contributed by atoms with Crippen molar-refractivity contribution in [3.8, 4) is 0 Å². The van der Waals surface area contributed by atoms with E-state index in [2.05, 4.69) is 39.5 Å². The molecule has 0 bridgehead atoms. The first-order valence-corrected chi connectivity index (χ1v) is 12.1. The maximum atomic E-state index is 12.9. The Morgan fingerprint density at radius 3 is 2.93 bits per heavy atom. The molecule has 1 amide bonds. The van der Waals surface area contributed by atoms with Crippen molar-refractivity contribution in [1.29, 1.82) is 0 Å². The van der Waals surface area contributed by atoms with E-state index in [4.69, 9.17) is 11.6 Å². The van der Waals surface area contributed by atoms with Crippen LogP contribution in [0, 0.1) is 17.3 Å². The molecule has 3 unspecified atom stereocenters. The van der Waals surface area contributed by atoms with Crippen molar-refractivity contribution >= 4 is 35.5 Å². The lowest BCUT2D eigenvalue weighted by molar-refractivity contribution is -0.117. The number of hydrogen-bond acceptors (Lipinski definition) is 4. The van der Waals surface area contributed by atoms with Gasteiger partial charge in [0.05, 0.1) is 12.2 Å². The minimum atomic E-state index is -0.0114. The van der Waals surface area contributed by atoms with Crippen molar-refractivity contribution in [1.82, 2.24) is 10.6 Å². The average molecular weight is 418 g/mol. The molecule has 28 heavy (non-hydrogen) atoms. The zero-order valence-corrected chi connectivity index (χ0v) is 17.7. The normalized spacial score (nSPS) is 33.8. The van der Waals surface area contributed by atoms with E-state index in [0.29, 0.717) is 30.0 Å². The van der Waals surface area contributed by atoms with Crippen LogP contribution in [0.1, 0.15) is 38.5 Å². The van der Waals surface area contributed by atoms with Gasteiger partial charge in [-0.25, -0.2) is 0 Å². The van der Waals surface area contributed by atoms with Crippen LogP contribution in [0.25, 0.3) is 0 Å². The summed E-state index contributed by atoms with van der Waals surface area (Å²) in [6.07, 6.45) is 15.3. The van der Waals surface area contributed by atoms with Gasteiger partial charge in [0.25, 0.3) is 5.91 Å². The third-order valence-corrected chi connectivity index (χ3v) is 8.53. The van der Waals surface area contributed by atoms with Gasteiger partial charge in [0.2, 0.25) is 0 Å². The zero-order valence-electron chi connectivity index (χ0n) is 16.1. The highest BCUT2D eigenvalue weighted by atomic mass is 35.5. The van der Waals surface area contributed by atoms with Gasteiger partial charge in [-0.15, -0.1) is 0 Å². The second-order valence-corrected chi connectivity index (χ2v) is 10.4. The Bertz CT molecular complexity index is 777. The third kappa shape index (κ3) is 3.40. The predicted molar refractivity (Wildman–Crippen MR) is 117 cm³/mol. The van der Waals surface area contributed by atoms with Gasteiger partial charge < -0.3 is 10.6 Å². The second kappa shape index (κ2) is 7.66. The van der Waals surface area contributed by atoms with Crippen molar-refractivity contribution in [2.75, 3.05) is 18.1 Å². The first-order valence-electron chi connectivity index (χ1n) is 10.6. The summed E-state index contributed by atoms with van der Waals surface area (Å²) in [6.45, 7) is 0.401. The fourth-order valence-electron chi connectivity index (χ4n) is 5.51. The highest BCUT2D eigenvalue weighted by Gasteiger charge is 2.57. The summed E-state index contributed by atoms with van der Waals surface area (Å²) in [5.74, 6) is 3.75. The molecular formula is C22H28ClN3OS. The molecule has 6 heteroatoms. The number of carbonyl (C=O) groups excluding carboxylic acids is 1. The van der Waals surface area contributed by atoms with Crippen LogP contribution < -0.4 is 10.6 Å². The molecule has 3 aliphatic heterocycles. The monoisotopic (exact) mass is 417 g/mol. The Morgan fingerprint density at radius 1 is 1.36 bits per heavy atom. The summed E-state index contributed by atoms with van der Waals surface area (Å²) in [4.78, 5) is 17.2. The van der Waals surface area contributed by atoms with E-state index in [9.17, 15) is 4.79 Å². The summed E-state index contributed by atoms with van der Waals surface area (Å²) in [7, 11) is 0. The van der Waals surface area contributed by atoms with Crippen molar-refractivity contribution in [3.63, 3.8) is 0 Å². The Labute approximate surface area is 176 Å². The lowest BCUT2D eigenvalue weighted by atomic mass is 9.65. The largest absolute Gasteiger partial charge is 0.346 e. The number of halogens is 1. The number of nitrogens with one attached hydrogen (secondary N) is 2. The van der Waals surface area contributed by atoms with E-state index in [1.165, 1.54) is 37.2 Å². The molecule has 2 aliphatic carbocycles. The smallest absolute Gasteiger partial charge is 0.251 e. The lowest BCUT2D eigenvalue weighted by Crippen LogP contribution is -2.43. The number of rotatable bonds is 4. The van der Waals surface area contributed by atoms with Gasteiger partial charge in [0.15, 0.2) is 0 Å². The Balaban J connectivity index is 1.33. The number of carbonyl (C=O) groups is 1. The topological polar surface area (TPSA) is 53.5 Å². The van der Waals surface area contributed by atoms with Crippen molar-refractivity contribution in [2.45, 2.75) is 50.6 Å². The molecule has 2 saturated heterocycles. The number of aliphatic imine (C=N–C) groups is 1. The summed E-state index contributed by atoms with van der Waals surface area (Å²) in [6, 6.07) is 0.998. The zero-order chi connectivity index (χ0) is 19.1. The molecule has 2 N–H and O–H groups in total. The highest BCUT2D eigenvalue weighted by Crippen LogP contribution is 2.57. The number of fused-ring (bicyclic) bond motifs is 2. The fourth-order valence-corrected chi connectivity index (χ4v) is 6.99. The van der Waals surface area contributed by atoms with Crippen LogP contribution in [-0.4, -0.2) is 42.3 Å². The number of thioether (sulfide) groups is 1. The molecule has 0 aromatic rings. The molecule has 3 atom stereocenters. The van der Waals surface area contributed by atoms with Crippen molar-refractivity contribution in [2.24, 2.45) is 22.2 Å². The first kappa shape index (κ1) is 19.0. The Hall–Kier alpha value is -1.04. The van der Waals surface area contributed by atoms with E-state index in [-0.39, 0.29) is 5.91 Å². The van der Waals surface area contributed by atoms with E-state index in [1.807, 2.05) is 12.3 Å². The van der Waals surface area contributed by atoms with E-state index in [0.717, 1.165) is 35.1 Å². The van der Waals surface area contributed by atoms with Crippen LogP contribution in [0.2, 0.25) is 0 Å². The van der Waals surface area contributed by atoms with Gasteiger partial charge in [-0.2, -0.15) is 11.8 Å². The number of nitrogens with zero attached hydrogens (tertiary/aromatic N) is 1. The maximum Gasteiger partial charge on any atom is 0.251 e. The van der Waals surface area contributed by atoms with E-state index < -0.39 is 0 Å². The molecule has 0 aromatic carbocycles. The summed E-state index contributed by atoms with van der Waals surface area (Å²) in [5, 5.41) is 7.74. The molecule has 1 saturated carbocycles. The van der Waals surface area contributed by atoms with Crippen LogP contribution >= 0.6 is 23.4 Å². The standard InChI is InChI=1S/C22H28ClN3OS/c23-17-2-1-9-24-19(17)13-25-21(27)15-5-6-18-16(12-15)22(7-10-28-11-8-22)20(26-18)14-3-4-14/h5-6,9,12,14,16,18,20,26H,1-4,7-8,10-11,13H2,(H,25,27). The SMILES string of the molecule is O=C(NCC1=C(Cl)CCC=N1)C1=CC2C(C=C1)NC(C1CC1)C21CCSCC1. The molecule has 150 valence electrons. The predicted octanol–water partition coefficient (Wildman–Crippen LogP) is 3.79. The molecule has 4 nitrogen and oxygen atoms in total. The number of amides is 1. The van der Waals surface area contributed by atoms with Crippen molar-refractivity contribution in [3.05, 3.63) is 34.5 Å². The molecule has 3 heterocycles. The van der Waals surface area contributed by atoms with Gasteiger partial charge >= 0.3 is 0 Å². The van der Waals surface area contributed by atoms with Gasteiger partial charge in [-0.3, -0.25) is 9.79 Å². The van der Waals surface area contributed by atoms with Crippen LogP contribution in [-0.2, 0) is 4.79 Å². The minimum absolute atomic E-state index is 0.0114. The van der Waals surface area contributed by atoms with E-state index >= 15 is 0 Å². The van der Waals surface area contributed by atoms with Gasteiger partial charge in [-0.05, 0) is 61.4 Å². The summed E-state index contributed by atoms with van der Waals surface area (Å²) < 4.78 is 0. The van der Waals surface area contributed by atoms with Gasteiger partial charge in [0.1, 0.15) is 0 Å². The van der Waals surface area contributed by atoms with Gasteiger partial charge in [-0.1, -0.05) is 29.8 Å². The number of allylic oxidation sites excluding steroid dienone is 1. The van der Waals surface area contributed by atoms with Crippen molar-refractivity contribution < 1.29 is 4.79 Å². The summed E-state index contributed by atoms with van der Waals surface area (Å²) >= 11 is 8.33. The van der Waals surface area contributed by atoms with Gasteiger partial charge in [0, 0.05) is 34.8 Å². The molecule has 0 aromatic heterocycles. The molecule has 3 fully saturated rings. The van der Waals surface area contributed by atoms with Crippen LogP contribution in [0.15, 0.2) is 39.5 Å². The third-order valence-electron chi connectivity index (χ3n) is 7.13. The molecule has 0 radical (unpaired) electrons. The summed E-state index contributed by atoms with van der Waals surface area (Å²) in [5.41, 5.74) is 1.91. The van der Waals surface area contributed by atoms with Crippen LogP contribution in [0.4, 0.5) is 0 Å². The average Bonchev–Trinajstić information content (AvgIpc) is 3.52. The maximum absolute atomic E-state index is 12.9. The molecule has 1 spiro atoms. The quantitative estimate of drug-likeness (QED) is 0.731. The van der Waals surface area contributed by atoms with E-state index in [1.54, 1.807) is 0 Å². The first-order chi connectivity index (χ1) is 13.7. The second-order valence-electron chi connectivity index (χ2n) is 8.74. The molecule has 5 aliphatic rings. The Morgan fingerprint density at radius 2 is 2.18 bits per heavy atom. The molecule has 5 rings (SSSR count). The lowest BCUT2D eigenvalue weighted by Gasteiger charge is -2.43. The van der Waals surface area contributed by atoms with Crippen LogP contribution in [0.3, 0.4) is 0 Å². The molecular weight excluding hydrogens is 390 g/mol. The Kier molecular flexibility index (Phi) is 5.18. The van der Waals surface area contributed by atoms with Crippen LogP contribution in [0.5, 0.6) is 0 Å². The minimum Gasteiger partial charge on any atom is -0.346 e.